The summed E-state index contributed by atoms with van der Waals surface area (Å²) in [4.78, 5) is 62.0. The van der Waals surface area contributed by atoms with Gasteiger partial charge in [0.2, 0.25) is 12.4 Å². The second-order valence-corrected chi connectivity index (χ2v) is 8.83. The fraction of sp³-hybridized carbons (Fsp3) is 0.808. The third-order valence-electron chi connectivity index (χ3n) is 5.32. The summed E-state index contributed by atoms with van der Waals surface area (Å²) in [7, 11) is 0. The van der Waals surface area contributed by atoms with Gasteiger partial charge in [0.05, 0.1) is 0 Å². The van der Waals surface area contributed by atoms with Crippen LogP contribution in [0.15, 0.2) is 0 Å². The van der Waals surface area contributed by atoms with E-state index >= 15 is 0 Å². The van der Waals surface area contributed by atoms with Gasteiger partial charge in [-0.3, -0.25) is 24.0 Å². The van der Waals surface area contributed by atoms with Crippen LogP contribution in [-0.4, -0.2) is 67.2 Å². The van der Waals surface area contributed by atoms with E-state index in [1.165, 1.54) is 0 Å². The molecule has 1 saturated heterocycles. The molecule has 0 radical (unpaired) electrons. The molecule has 5 atom stereocenters. The van der Waals surface area contributed by atoms with E-state index in [4.69, 9.17) is 28.4 Å². The number of hydrogen-bond acceptors (Lipinski definition) is 11. The SMILES string of the molecule is CCCC(=O)OC[C@H]1O[C@H](OC(=O)CCC)[C@@H](OC(=O)CCC)[C@@H](OC(=O)CCC)[C@@H]1OC(=O)CCC. The predicted molar refractivity (Wildman–Crippen MR) is 130 cm³/mol. The molecule has 0 N–H and O–H groups in total. The van der Waals surface area contributed by atoms with Gasteiger partial charge in [0.25, 0.3) is 0 Å². The summed E-state index contributed by atoms with van der Waals surface area (Å²) in [6.45, 7) is 8.61. The van der Waals surface area contributed by atoms with Crippen LogP contribution in [0, 0.1) is 0 Å². The van der Waals surface area contributed by atoms with Gasteiger partial charge in [-0.05, 0) is 32.1 Å². The van der Waals surface area contributed by atoms with Gasteiger partial charge < -0.3 is 28.4 Å². The standard InChI is InChI=1S/C26H42O11/c1-6-11-18(27)32-16-17-23(34-19(28)12-7-2)24(35-20(29)13-8-3)25(36-21(30)14-9-4)26(33-17)37-22(31)15-10-5/h17,23-26H,6-16H2,1-5H3/t17-,23-,24+,25+,26-/m1/s1. The molecule has 1 fully saturated rings. The molecule has 1 heterocycles. The van der Waals surface area contributed by atoms with Crippen LogP contribution in [0.3, 0.4) is 0 Å². The van der Waals surface area contributed by atoms with Gasteiger partial charge in [-0.1, -0.05) is 34.6 Å². The maximum atomic E-state index is 12.6. The number of carbonyl (C=O) groups is 5. The van der Waals surface area contributed by atoms with Gasteiger partial charge >= 0.3 is 29.8 Å². The second-order valence-electron chi connectivity index (χ2n) is 8.83. The zero-order chi connectivity index (χ0) is 27.8. The lowest BCUT2D eigenvalue weighted by molar-refractivity contribution is -0.301. The van der Waals surface area contributed by atoms with Crippen LogP contribution >= 0.6 is 0 Å². The number of esters is 5. The molecule has 1 rings (SSSR count). The number of ether oxygens (including phenoxy) is 6. The lowest BCUT2D eigenvalue weighted by atomic mass is 9.97. The summed E-state index contributed by atoms with van der Waals surface area (Å²) >= 11 is 0. The smallest absolute Gasteiger partial charge is 0.308 e. The van der Waals surface area contributed by atoms with E-state index in [-0.39, 0.29) is 38.7 Å². The highest BCUT2D eigenvalue weighted by Crippen LogP contribution is 2.31. The summed E-state index contributed by atoms with van der Waals surface area (Å²) in [6, 6.07) is 0. The molecule has 11 nitrogen and oxygen atoms in total. The highest BCUT2D eigenvalue weighted by Gasteiger charge is 2.54. The zero-order valence-corrected chi connectivity index (χ0v) is 22.7. The van der Waals surface area contributed by atoms with E-state index in [2.05, 4.69) is 0 Å². The molecule has 0 aromatic carbocycles. The fourth-order valence-corrected chi connectivity index (χ4v) is 3.60. The molecule has 0 amide bonds. The van der Waals surface area contributed by atoms with Crippen LogP contribution in [0.2, 0.25) is 0 Å². The van der Waals surface area contributed by atoms with Crippen molar-refractivity contribution in [2.45, 2.75) is 130 Å². The molecule has 1 aliphatic rings. The third kappa shape index (κ3) is 11.5. The molecule has 0 spiro atoms. The van der Waals surface area contributed by atoms with Crippen molar-refractivity contribution in [1.82, 2.24) is 0 Å². The molecule has 0 aliphatic carbocycles. The summed E-state index contributed by atoms with van der Waals surface area (Å²) in [6.07, 6.45) is -3.74. The average Bonchev–Trinajstić information content (AvgIpc) is 2.82. The van der Waals surface area contributed by atoms with Gasteiger partial charge in [-0.25, -0.2) is 0 Å². The van der Waals surface area contributed by atoms with Gasteiger partial charge in [0, 0.05) is 32.1 Å². The molecule has 0 aromatic heterocycles. The Morgan fingerprint density at radius 3 is 1.35 bits per heavy atom. The summed E-state index contributed by atoms with van der Waals surface area (Å²) in [5, 5.41) is 0. The molecule has 1 aliphatic heterocycles. The minimum Gasteiger partial charge on any atom is -0.463 e. The van der Waals surface area contributed by atoms with Crippen LogP contribution in [0.5, 0.6) is 0 Å². The van der Waals surface area contributed by atoms with E-state index in [9.17, 15) is 24.0 Å². The predicted octanol–water partition coefficient (Wildman–Crippen LogP) is 3.53. The molecule has 212 valence electrons. The molecule has 37 heavy (non-hydrogen) atoms. The normalized spacial score (nSPS) is 23.0. The van der Waals surface area contributed by atoms with Crippen molar-refractivity contribution < 1.29 is 52.4 Å². The fourth-order valence-electron chi connectivity index (χ4n) is 3.60. The van der Waals surface area contributed by atoms with Gasteiger partial charge in [-0.2, -0.15) is 0 Å². The van der Waals surface area contributed by atoms with E-state index in [1.54, 1.807) is 27.7 Å². The van der Waals surface area contributed by atoms with E-state index < -0.39 is 60.6 Å². The largest absolute Gasteiger partial charge is 0.463 e. The topological polar surface area (TPSA) is 141 Å². The van der Waals surface area contributed by atoms with Crippen molar-refractivity contribution in [2.24, 2.45) is 0 Å². The van der Waals surface area contributed by atoms with Crippen molar-refractivity contribution in [3.05, 3.63) is 0 Å². The first-order chi connectivity index (χ1) is 17.7. The van der Waals surface area contributed by atoms with Crippen molar-refractivity contribution in [1.29, 1.82) is 0 Å². The molecule has 0 saturated carbocycles. The molecule has 0 unspecified atom stereocenters. The zero-order valence-electron chi connectivity index (χ0n) is 22.7. The van der Waals surface area contributed by atoms with Gasteiger partial charge in [-0.15, -0.1) is 0 Å². The molecule has 11 heteroatoms. The Morgan fingerprint density at radius 1 is 0.514 bits per heavy atom. The Bertz CT molecular complexity index is 751. The number of rotatable bonds is 16. The summed E-state index contributed by atoms with van der Waals surface area (Å²) < 4.78 is 33.6. The Labute approximate surface area is 218 Å². The van der Waals surface area contributed by atoms with E-state index in [0.29, 0.717) is 32.1 Å². The molecule has 0 bridgehead atoms. The Balaban J connectivity index is 3.45. The Morgan fingerprint density at radius 2 is 0.892 bits per heavy atom. The minimum absolute atomic E-state index is 0.0546. The Kier molecular flexibility index (Phi) is 15.5. The monoisotopic (exact) mass is 530 g/mol. The first-order valence-corrected chi connectivity index (χ1v) is 13.3. The highest BCUT2D eigenvalue weighted by atomic mass is 16.7. The van der Waals surface area contributed by atoms with Crippen LogP contribution in [0.4, 0.5) is 0 Å². The highest BCUT2D eigenvalue weighted by molar-refractivity contribution is 5.72. The van der Waals surface area contributed by atoms with Gasteiger partial charge in [0.15, 0.2) is 12.2 Å². The quantitative estimate of drug-likeness (QED) is 0.214. The molecular formula is C26H42O11. The summed E-state index contributed by atoms with van der Waals surface area (Å²) in [5.41, 5.74) is 0. The first-order valence-electron chi connectivity index (χ1n) is 13.3. The van der Waals surface area contributed by atoms with E-state index in [1.807, 2.05) is 6.92 Å². The van der Waals surface area contributed by atoms with E-state index in [0.717, 1.165) is 0 Å². The maximum Gasteiger partial charge on any atom is 0.308 e. The lowest BCUT2D eigenvalue weighted by Gasteiger charge is -2.44. The van der Waals surface area contributed by atoms with Gasteiger partial charge in [0.1, 0.15) is 12.7 Å². The lowest BCUT2D eigenvalue weighted by Crippen LogP contribution is -2.63. The molecular weight excluding hydrogens is 488 g/mol. The summed E-state index contributed by atoms with van der Waals surface area (Å²) in [5.74, 6) is -2.97. The Hall–Kier alpha value is -2.69. The van der Waals surface area contributed by atoms with Crippen molar-refractivity contribution in [3.8, 4) is 0 Å². The minimum atomic E-state index is -1.48. The van der Waals surface area contributed by atoms with Crippen LogP contribution in [0.25, 0.3) is 0 Å². The average molecular weight is 531 g/mol. The van der Waals surface area contributed by atoms with Crippen molar-refractivity contribution in [3.63, 3.8) is 0 Å². The second kappa shape index (κ2) is 17.7. The van der Waals surface area contributed by atoms with Crippen molar-refractivity contribution in [2.75, 3.05) is 6.61 Å². The number of hydrogen-bond donors (Lipinski definition) is 0. The van der Waals surface area contributed by atoms with Crippen molar-refractivity contribution >= 4 is 29.8 Å². The van der Waals surface area contributed by atoms with Crippen LogP contribution in [0.1, 0.15) is 98.8 Å². The molecule has 0 aromatic rings. The number of carbonyl (C=O) groups excluding carboxylic acids is 5. The first kappa shape index (κ1) is 32.3. The van der Waals surface area contributed by atoms with Crippen LogP contribution in [-0.2, 0) is 52.4 Å². The maximum absolute atomic E-state index is 12.6. The van der Waals surface area contributed by atoms with Crippen LogP contribution < -0.4 is 0 Å². The third-order valence-corrected chi connectivity index (χ3v) is 5.32.